The number of methoxy groups -OCH3 is 1. The van der Waals surface area contributed by atoms with Gasteiger partial charge >= 0.3 is 5.97 Å². The number of rotatable bonds is 8. The highest BCUT2D eigenvalue weighted by molar-refractivity contribution is 5.85. The van der Waals surface area contributed by atoms with Crippen LogP contribution in [0.5, 0.6) is 0 Å². The van der Waals surface area contributed by atoms with E-state index in [4.69, 9.17) is 9.47 Å². The number of carboxylic acid groups (broad SMARTS) is 1. The second-order valence-electron chi connectivity index (χ2n) is 8.73. The number of hydrogen-bond donors (Lipinski definition) is 2. The van der Waals surface area contributed by atoms with Gasteiger partial charge in [-0.15, -0.1) is 0 Å². The van der Waals surface area contributed by atoms with Crippen LogP contribution in [0.2, 0.25) is 0 Å². The predicted octanol–water partition coefficient (Wildman–Crippen LogP) is 2.99. The smallest absolute Gasteiger partial charge is 0.307 e. The van der Waals surface area contributed by atoms with Crippen LogP contribution in [0.25, 0.3) is 0 Å². The molecule has 0 spiro atoms. The van der Waals surface area contributed by atoms with Gasteiger partial charge in [-0.25, -0.2) is 0 Å². The zero-order chi connectivity index (χ0) is 19.2. The number of carbonyl (C=O) groups excluding carboxylic acids is 1. The Morgan fingerprint density at radius 3 is 2.19 bits per heavy atom. The van der Waals surface area contributed by atoms with Gasteiger partial charge in [0.05, 0.1) is 31.2 Å². The van der Waals surface area contributed by atoms with E-state index < -0.39 is 11.9 Å². The summed E-state index contributed by atoms with van der Waals surface area (Å²) >= 11 is 0. The molecule has 150 valence electrons. The first-order chi connectivity index (χ1) is 12.3. The molecule has 0 heterocycles. The van der Waals surface area contributed by atoms with Crippen molar-refractivity contribution in [3.05, 3.63) is 0 Å². The van der Waals surface area contributed by atoms with Gasteiger partial charge < -0.3 is 19.9 Å². The molecule has 0 aromatic carbocycles. The van der Waals surface area contributed by atoms with Crippen LogP contribution in [0, 0.1) is 17.3 Å². The van der Waals surface area contributed by atoms with Crippen molar-refractivity contribution in [3.8, 4) is 0 Å². The Hall–Kier alpha value is -1.14. The van der Waals surface area contributed by atoms with Gasteiger partial charge in [0, 0.05) is 18.6 Å². The fourth-order valence-corrected chi connectivity index (χ4v) is 4.20. The number of carboxylic acids is 1. The molecule has 6 heteroatoms. The molecule has 6 nitrogen and oxygen atoms in total. The van der Waals surface area contributed by atoms with Crippen molar-refractivity contribution >= 4 is 11.9 Å². The molecule has 0 aromatic heterocycles. The Morgan fingerprint density at radius 1 is 1.00 bits per heavy atom. The summed E-state index contributed by atoms with van der Waals surface area (Å²) in [6.07, 6.45) is 7.04. The molecule has 2 N–H and O–H groups in total. The van der Waals surface area contributed by atoms with Crippen molar-refractivity contribution in [1.82, 2.24) is 5.32 Å². The maximum Gasteiger partial charge on any atom is 0.307 e. The van der Waals surface area contributed by atoms with E-state index in [0.717, 1.165) is 38.5 Å². The number of amides is 1. The lowest BCUT2D eigenvalue weighted by atomic mass is 9.78. The highest BCUT2D eigenvalue weighted by Crippen LogP contribution is 2.31. The molecule has 2 rings (SSSR count). The van der Waals surface area contributed by atoms with E-state index >= 15 is 0 Å². The normalized spacial score (nSPS) is 30.0. The quantitative estimate of drug-likeness (QED) is 0.687. The first kappa shape index (κ1) is 21.2. The van der Waals surface area contributed by atoms with Gasteiger partial charge in [0.15, 0.2) is 0 Å². The molecule has 2 unspecified atom stereocenters. The average Bonchev–Trinajstić information content (AvgIpc) is 2.61. The number of hydrogen-bond acceptors (Lipinski definition) is 4. The van der Waals surface area contributed by atoms with Gasteiger partial charge in [-0.3, -0.25) is 9.59 Å². The molecule has 2 aliphatic rings. The summed E-state index contributed by atoms with van der Waals surface area (Å²) in [4.78, 5) is 24.0. The maximum absolute atomic E-state index is 12.6. The summed E-state index contributed by atoms with van der Waals surface area (Å²) in [7, 11) is 1.71. The van der Waals surface area contributed by atoms with Crippen molar-refractivity contribution in [2.45, 2.75) is 77.4 Å². The van der Waals surface area contributed by atoms with Crippen LogP contribution in [0.3, 0.4) is 0 Å². The predicted molar refractivity (Wildman–Crippen MR) is 98.9 cm³/mol. The van der Waals surface area contributed by atoms with Crippen LogP contribution in [0.4, 0.5) is 0 Å². The third-order valence-electron chi connectivity index (χ3n) is 5.69. The van der Waals surface area contributed by atoms with Crippen LogP contribution < -0.4 is 5.32 Å². The standard InChI is InChI=1S/C20H35NO5/c1-20(2,12-25-3)13-26-15-10-8-14(9-11-15)21-18(22)16-6-4-5-7-17(16)19(23)24/h14-17H,4-13H2,1-3H3,(H,21,22)(H,23,24). The highest BCUT2D eigenvalue weighted by Gasteiger charge is 2.36. The zero-order valence-corrected chi connectivity index (χ0v) is 16.5. The molecular formula is C20H35NO5. The van der Waals surface area contributed by atoms with Crippen LogP contribution in [-0.4, -0.2) is 49.5 Å². The Bertz CT molecular complexity index is 471. The van der Waals surface area contributed by atoms with Gasteiger partial charge in [-0.2, -0.15) is 0 Å². The number of nitrogens with one attached hydrogen (secondary N) is 1. The third kappa shape index (κ3) is 6.23. The largest absolute Gasteiger partial charge is 0.481 e. The lowest BCUT2D eigenvalue weighted by molar-refractivity contribution is -0.149. The second kappa shape index (κ2) is 9.70. The molecule has 0 aliphatic heterocycles. The first-order valence-electron chi connectivity index (χ1n) is 9.96. The molecule has 0 bridgehead atoms. The molecular weight excluding hydrogens is 334 g/mol. The number of carbonyl (C=O) groups is 2. The van der Waals surface area contributed by atoms with Gasteiger partial charge in [0.25, 0.3) is 0 Å². The second-order valence-corrected chi connectivity index (χ2v) is 8.73. The topological polar surface area (TPSA) is 84.9 Å². The minimum absolute atomic E-state index is 0.00659. The van der Waals surface area contributed by atoms with Crippen molar-refractivity contribution in [3.63, 3.8) is 0 Å². The first-order valence-corrected chi connectivity index (χ1v) is 9.96. The maximum atomic E-state index is 12.6. The molecule has 0 aromatic rings. The third-order valence-corrected chi connectivity index (χ3v) is 5.69. The van der Waals surface area contributed by atoms with Crippen molar-refractivity contribution in [2.24, 2.45) is 17.3 Å². The summed E-state index contributed by atoms with van der Waals surface area (Å²) in [5.74, 6) is -1.79. The van der Waals surface area contributed by atoms with E-state index in [9.17, 15) is 14.7 Å². The molecule has 2 atom stereocenters. The van der Waals surface area contributed by atoms with Crippen molar-refractivity contribution in [2.75, 3.05) is 20.3 Å². The summed E-state index contributed by atoms with van der Waals surface area (Å²) in [5, 5.41) is 12.5. The lowest BCUT2D eigenvalue weighted by Crippen LogP contribution is -2.45. The average molecular weight is 370 g/mol. The van der Waals surface area contributed by atoms with Gasteiger partial charge in [0.2, 0.25) is 5.91 Å². The summed E-state index contributed by atoms with van der Waals surface area (Å²) in [6, 6.07) is 0.144. The molecule has 2 saturated carbocycles. The Morgan fingerprint density at radius 2 is 1.62 bits per heavy atom. The Labute approximate surface area is 157 Å². The zero-order valence-electron chi connectivity index (χ0n) is 16.5. The Kier molecular flexibility index (Phi) is 7.89. The number of ether oxygens (including phenoxy) is 2. The van der Waals surface area contributed by atoms with Gasteiger partial charge in [0.1, 0.15) is 0 Å². The molecule has 1 amide bonds. The van der Waals surface area contributed by atoms with E-state index in [1.165, 1.54) is 0 Å². The van der Waals surface area contributed by atoms with E-state index in [0.29, 0.717) is 26.1 Å². The van der Waals surface area contributed by atoms with E-state index in [1.54, 1.807) is 7.11 Å². The van der Waals surface area contributed by atoms with Crippen molar-refractivity contribution < 1.29 is 24.2 Å². The summed E-state index contributed by atoms with van der Waals surface area (Å²) in [6.45, 7) is 5.60. The van der Waals surface area contributed by atoms with Crippen LogP contribution in [0.15, 0.2) is 0 Å². The van der Waals surface area contributed by atoms with E-state index in [-0.39, 0.29) is 29.4 Å². The molecule has 0 radical (unpaired) electrons. The monoisotopic (exact) mass is 369 g/mol. The fourth-order valence-electron chi connectivity index (χ4n) is 4.20. The van der Waals surface area contributed by atoms with Gasteiger partial charge in [-0.05, 0) is 38.5 Å². The molecule has 0 saturated heterocycles. The number of aliphatic carboxylic acids is 1. The van der Waals surface area contributed by atoms with Gasteiger partial charge in [-0.1, -0.05) is 26.7 Å². The van der Waals surface area contributed by atoms with Crippen LogP contribution in [0.1, 0.15) is 65.2 Å². The minimum atomic E-state index is -0.833. The van der Waals surface area contributed by atoms with E-state index in [2.05, 4.69) is 19.2 Å². The summed E-state index contributed by atoms with van der Waals surface area (Å²) in [5.41, 5.74) is 0.00659. The molecule has 26 heavy (non-hydrogen) atoms. The molecule has 2 fully saturated rings. The van der Waals surface area contributed by atoms with Crippen LogP contribution in [-0.2, 0) is 19.1 Å². The lowest BCUT2D eigenvalue weighted by Gasteiger charge is -2.34. The van der Waals surface area contributed by atoms with E-state index in [1.807, 2.05) is 0 Å². The minimum Gasteiger partial charge on any atom is -0.481 e. The molecule has 2 aliphatic carbocycles. The van der Waals surface area contributed by atoms with Crippen molar-refractivity contribution in [1.29, 1.82) is 0 Å². The SMILES string of the molecule is COCC(C)(C)COC1CCC(NC(=O)C2CCCCC2C(=O)O)CC1. The fraction of sp³-hybridized carbons (Fsp3) is 0.900. The summed E-state index contributed by atoms with van der Waals surface area (Å²) < 4.78 is 11.3. The highest BCUT2D eigenvalue weighted by atomic mass is 16.5. The Balaban J connectivity index is 1.74. The van der Waals surface area contributed by atoms with Crippen LogP contribution >= 0.6 is 0 Å².